The zero-order valence-electron chi connectivity index (χ0n) is 7.36. The third-order valence-electron chi connectivity index (χ3n) is 1.87. The van der Waals surface area contributed by atoms with E-state index >= 15 is 0 Å². The molecule has 0 aliphatic rings. The van der Waals surface area contributed by atoms with Crippen molar-refractivity contribution in [2.24, 2.45) is 0 Å². The quantitative estimate of drug-likeness (QED) is 0.705. The van der Waals surface area contributed by atoms with Crippen molar-refractivity contribution in [3.63, 3.8) is 0 Å². The van der Waals surface area contributed by atoms with Gasteiger partial charge in [0, 0.05) is 10.3 Å². The Morgan fingerprint density at radius 3 is 2.54 bits per heavy atom. The minimum absolute atomic E-state index is 0.934. The molecule has 1 nitrogen and oxygen atoms in total. The monoisotopic (exact) mass is 190 g/mol. The largest absolute Gasteiger partial charge is 0.496 e. The summed E-state index contributed by atoms with van der Waals surface area (Å²) < 4.78 is 5.13. The number of ether oxygens (including phenoxy) is 1. The summed E-state index contributed by atoms with van der Waals surface area (Å²) in [4.78, 5) is 1.25. The predicted molar refractivity (Wildman–Crippen MR) is 56.3 cm³/mol. The second kappa shape index (κ2) is 3.62. The topological polar surface area (TPSA) is 9.23 Å². The van der Waals surface area contributed by atoms with Gasteiger partial charge in [0.05, 0.1) is 7.11 Å². The SMILES string of the molecule is COc1csc(-c2ccccc2)c1. The van der Waals surface area contributed by atoms with Crippen LogP contribution in [0.1, 0.15) is 0 Å². The van der Waals surface area contributed by atoms with Crippen LogP contribution in [0.25, 0.3) is 10.4 Å². The van der Waals surface area contributed by atoms with Gasteiger partial charge in [-0.15, -0.1) is 11.3 Å². The minimum atomic E-state index is 0.934. The molecule has 0 radical (unpaired) electrons. The van der Waals surface area contributed by atoms with E-state index in [0.29, 0.717) is 0 Å². The molecule has 1 aromatic heterocycles. The maximum absolute atomic E-state index is 5.13. The van der Waals surface area contributed by atoms with E-state index in [-0.39, 0.29) is 0 Å². The smallest absolute Gasteiger partial charge is 0.130 e. The Morgan fingerprint density at radius 2 is 1.92 bits per heavy atom. The summed E-state index contributed by atoms with van der Waals surface area (Å²) in [6, 6.07) is 12.4. The van der Waals surface area contributed by atoms with Crippen LogP contribution < -0.4 is 4.74 Å². The zero-order chi connectivity index (χ0) is 9.10. The number of benzene rings is 1. The molecule has 2 aromatic rings. The second-order valence-electron chi connectivity index (χ2n) is 2.72. The highest BCUT2D eigenvalue weighted by atomic mass is 32.1. The highest BCUT2D eigenvalue weighted by molar-refractivity contribution is 7.13. The first-order chi connectivity index (χ1) is 6.40. The van der Waals surface area contributed by atoms with Gasteiger partial charge in [-0.2, -0.15) is 0 Å². The van der Waals surface area contributed by atoms with Crippen LogP contribution in [-0.4, -0.2) is 7.11 Å². The molecule has 0 aliphatic heterocycles. The molecule has 2 rings (SSSR count). The van der Waals surface area contributed by atoms with Crippen LogP contribution in [0.2, 0.25) is 0 Å². The van der Waals surface area contributed by atoms with Crippen LogP contribution in [0.15, 0.2) is 41.8 Å². The molecule has 66 valence electrons. The molecule has 13 heavy (non-hydrogen) atoms. The molecule has 0 aliphatic carbocycles. The van der Waals surface area contributed by atoms with Gasteiger partial charge in [-0.25, -0.2) is 0 Å². The van der Waals surface area contributed by atoms with Crippen LogP contribution in [0.3, 0.4) is 0 Å². The van der Waals surface area contributed by atoms with Crippen LogP contribution in [-0.2, 0) is 0 Å². The van der Waals surface area contributed by atoms with Gasteiger partial charge < -0.3 is 4.74 Å². The van der Waals surface area contributed by atoms with E-state index in [9.17, 15) is 0 Å². The molecule has 0 spiro atoms. The van der Waals surface area contributed by atoms with Crippen molar-refractivity contribution in [2.45, 2.75) is 0 Å². The van der Waals surface area contributed by atoms with E-state index < -0.39 is 0 Å². The van der Waals surface area contributed by atoms with Gasteiger partial charge in [-0.3, -0.25) is 0 Å². The fraction of sp³-hybridized carbons (Fsp3) is 0.0909. The lowest BCUT2D eigenvalue weighted by Gasteiger charge is -1.94. The van der Waals surface area contributed by atoms with Crippen molar-refractivity contribution in [1.29, 1.82) is 0 Å². The third kappa shape index (κ3) is 1.73. The number of hydrogen-bond acceptors (Lipinski definition) is 2. The van der Waals surface area contributed by atoms with E-state index in [4.69, 9.17) is 4.74 Å². The lowest BCUT2D eigenvalue weighted by Crippen LogP contribution is -1.76. The van der Waals surface area contributed by atoms with E-state index in [1.54, 1.807) is 18.4 Å². The van der Waals surface area contributed by atoms with Crippen molar-refractivity contribution in [3.8, 4) is 16.2 Å². The van der Waals surface area contributed by atoms with Gasteiger partial charge >= 0.3 is 0 Å². The zero-order valence-corrected chi connectivity index (χ0v) is 8.17. The Morgan fingerprint density at radius 1 is 1.15 bits per heavy atom. The number of hydrogen-bond donors (Lipinski definition) is 0. The van der Waals surface area contributed by atoms with E-state index in [1.807, 2.05) is 23.6 Å². The van der Waals surface area contributed by atoms with Crippen LogP contribution in [0, 0.1) is 0 Å². The molecule has 0 N–H and O–H groups in total. The van der Waals surface area contributed by atoms with Crippen LogP contribution >= 0.6 is 11.3 Å². The Balaban J connectivity index is 2.36. The molecule has 0 fully saturated rings. The summed E-state index contributed by atoms with van der Waals surface area (Å²) >= 11 is 1.70. The fourth-order valence-electron chi connectivity index (χ4n) is 1.18. The lowest BCUT2D eigenvalue weighted by molar-refractivity contribution is 0.417. The maximum Gasteiger partial charge on any atom is 0.130 e. The maximum atomic E-state index is 5.13. The number of rotatable bonds is 2. The Labute approximate surface area is 81.6 Å². The molecule has 0 saturated heterocycles. The molecule has 2 heteroatoms. The van der Waals surface area contributed by atoms with Crippen molar-refractivity contribution >= 4 is 11.3 Å². The fourth-order valence-corrected chi connectivity index (χ4v) is 2.04. The molecule has 0 amide bonds. The summed E-state index contributed by atoms with van der Waals surface area (Å²) in [7, 11) is 1.69. The van der Waals surface area contributed by atoms with Crippen molar-refractivity contribution in [3.05, 3.63) is 41.8 Å². The molecule has 0 bridgehead atoms. The normalized spacial score (nSPS) is 9.92. The average molecular weight is 190 g/mol. The first-order valence-electron chi connectivity index (χ1n) is 4.08. The van der Waals surface area contributed by atoms with Crippen LogP contribution in [0.5, 0.6) is 5.75 Å². The van der Waals surface area contributed by atoms with Gasteiger partial charge in [-0.05, 0) is 11.6 Å². The standard InChI is InChI=1S/C11H10OS/c1-12-10-7-11(13-8-10)9-5-3-2-4-6-9/h2-8H,1H3. The summed E-state index contributed by atoms with van der Waals surface area (Å²) in [6.07, 6.45) is 0. The predicted octanol–water partition coefficient (Wildman–Crippen LogP) is 3.42. The minimum Gasteiger partial charge on any atom is -0.496 e. The van der Waals surface area contributed by atoms with Gasteiger partial charge in [0.1, 0.15) is 5.75 Å². The highest BCUT2D eigenvalue weighted by Gasteiger charge is 2.00. The lowest BCUT2D eigenvalue weighted by atomic mass is 10.2. The molecule has 1 aromatic carbocycles. The third-order valence-corrected chi connectivity index (χ3v) is 2.83. The van der Waals surface area contributed by atoms with Gasteiger partial charge in [0.15, 0.2) is 0 Å². The summed E-state index contributed by atoms with van der Waals surface area (Å²) in [5.74, 6) is 0.934. The van der Waals surface area contributed by atoms with E-state index in [2.05, 4.69) is 18.2 Å². The van der Waals surface area contributed by atoms with Gasteiger partial charge in [0.2, 0.25) is 0 Å². The molecule has 0 atom stereocenters. The van der Waals surface area contributed by atoms with E-state index in [0.717, 1.165) is 5.75 Å². The number of thiophene rings is 1. The van der Waals surface area contributed by atoms with Crippen molar-refractivity contribution in [2.75, 3.05) is 7.11 Å². The Hall–Kier alpha value is -1.28. The Kier molecular flexibility index (Phi) is 2.32. The summed E-state index contributed by atoms with van der Waals surface area (Å²) in [5.41, 5.74) is 1.25. The first kappa shape index (κ1) is 8.32. The molecule has 0 unspecified atom stereocenters. The first-order valence-corrected chi connectivity index (χ1v) is 4.96. The Bertz CT molecular complexity index is 378. The second-order valence-corrected chi connectivity index (χ2v) is 3.63. The highest BCUT2D eigenvalue weighted by Crippen LogP contribution is 2.30. The van der Waals surface area contributed by atoms with E-state index in [1.165, 1.54) is 10.4 Å². The molecule has 0 saturated carbocycles. The molecular formula is C11H10OS. The summed E-state index contributed by atoms with van der Waals surface area (Å²) in [6.45, 7) is 0. The average Bonchev–Trinajstić information content (AvgIpc) is 2.67. The molecular weight excluding hydrogens is 180 g/mol. The van der Waals surface area contributed by atoms with Gasteiger partial charge in [-0.1, -0.05) is 30.3 Å². The summed E-state index contributed by atoms with van der Waals surface area (Å²) in [5, 5.41) is 2.02. The number of methoxy groups -OCH3 is 1. The van der Waals surface area contributed by atoms with Crippen LogP contribution in [0.4, 0.5) is 0 Å². The molecule has 1 heterocycles. The van der Waals surface area contributed by atoms with Gasteiger partial charge in [0.25, 0.3) is 0 Å². The van der Waals surface area contributed by atoms with Crippen molar-refractivity contribution < 1.29 is 4.74 Å². The van der Waals surface area contributed by atoms with Crippen molar-refractivity contribution in [1.82, 2.24) is 0 Å².